The van der Waals surface area contributed by atoms with Gasteiger partial charge >= 0.3 is 0 Å². The molecule has 0 fully saturated rings. The largest absolute Gasteiger partial charge is 0.507 e. The van der Waals surface area contributed by atoms with Crippen LogP contribution in [0.25, 0.3) is 11.3 Å². The molecule has 34 heavy (non-hydrogen) atoms. The lowest BCUT2D eigenvalue weighted by Gasteiger charge is -2.27. The second-order valence-electron chi connectivity index (χ2n) is 9.00. The van der Waals surface area contributed by atoms with E-state index in [4.69, 9.17) is 11.6 Å². The number of phenols is 1. The van der Waals surface area contributed by atoms with Crippen LogP contribution in [0.5, 0.6) is 5.75 Å². The van der Waals surface area contributed by atoms with Gasteiger partial charge in [-0.15, -0.1) is 0 Å². The molecule has 0 saturated heterocycles. The fraction of sp³-hybridized carbons (Fsp3) is 0.222. The number of carbonyl (C=O) groups is 1. The second-order valence-corrected chi connectivity index (χ2v) is 9.40. The molecule has 0 saturated carbocycles. The van der Waals surface area contributed by atoms with Crippen LogP contribution in [0.4, 0.5) is 0 Å². The number of fused-ring (bicyclic) bond motifs is 1. The van der Waals surface area contributed by atoms with Crippen LogP contribution in [0.15, 0.2) is 60.9 Å². The Morgan fingerprint density at radius 3 is 2.62 bits per heavy atom. The van der Waals surface area contributed by atoms with Crippen LogP contribution in [-0.4, -0.2) is 31.1 Å². The first-order valence-electron chi connectivity index (χ1n) is 11.2. The third kappa shape index (κ3) is 3.74. The Morgan fingerprint density at radius 1 is 1.18 bits per heavy atom. The molecule has 1 amide bonds. The number of aromatic nitrogens is 3. The van der Waals surface area contributed by atoms with Gasteiger partial charge in [0.1, 0.15) is 17.1 Å². The van der Waals surface area contributed by atoms with E-state index in [0.717, 1.165) is 22.3 Å². The van der Waals surface area contributed by atoms with Crippen molar-refractivity contribution in [2.45, 2.75) is 39.3 Å². The predicted octanol–water partition coefficient (Wildman–Crippen LogP) is 6.01. The summed E-state index contributed by atoms with van der Waals surface area (Å²) in [4.78, 5) is 19.6. The number of aryl methyl sites for hydroxylation is 1. The summed E-state index contributed by atoms with van der Waals surface area (Å²) in [6.45, 7) is 6.53. The van der Waals surface area contributed by atoms with Gasteiger partial charge in [-0.2, -0.15) is 5.10 Å². The van der Waals surface area contributed by atoms with E-state index in [2.05, 4.69) is 53.3 Å². The van der Waals surface area contributed by atoms with Crippen molar-refractivity contribution in [1.82, 2.24) is 20.1 Å². The van der Waals surface area contributed by atoms with E-state index >= 15 is 0 Å². The van der Waals surface area contributed by atoms with Crippen LogP contribution >= 0.6 is 11.6 Å². The topological polar surface area (TPSA) is 82.1 Å². The zero-order valence-electron chi connectivity index (χ0n) is 19.2. The van der Waals surface area contributed by atoms with Crippen molar-refractivity contribution in [3.63, 3.8) is 0 Å². The van der Waals surface area contributed by atoms with Gasteiger partial charge in [0.25, 0.3) is 5.91 Å². The molecule has 3 heterocycles. The monoisotopic (exact) mass is 472 g/mol. The second kappa shape index (κ2) is 8.61. The molecule has 1 aliphatic heterocycles. The van der Waals surface area contributed by atoms with Crippen molar-refractivity contribution in [3.05, 3.63) is 99.5 Å². The number of nitrogens with one attached hydrogen (secondary N) is 1. The van der Waals surface area contributed by atoms with Crippen LogP contribution < -0.4 is 0 Å². The molecule has 5 rings (SSSR count). The molecule has 4 aromatic rings. The number of halogens is 1. The minimum atomic E-state index is -0.378. The number of rotatable bonds is 5. The van der Waals surface area contributed by atoms with Crippen LogP contribution in [0.3, 0.4) is 0 Å². The number of aromatic amines is 1. The summed E-state index contributed by atoms with van der Waals surface area (Å²) in [7, 11) is 0. The van der Waals surface area contributed by atoms with Gasteiger partial charge in [-0.25, -0.2) is 0 Å². The minimum Gasteiger partial charge on any atom is -0.507 e. The Hall–Kier alpha value is -3.64. The highest BCUT2D eigenvalue weighted by atomic mass is 35.5. The van der Waals surface area contributed by atoms with Crippen molar-refractivity contribution in [2.24, 2.45) is 0 Å². The number of H-pyrrole nitrogens is 1. The molecular formula is C27H25ClN4O2. The van der Waals surface area contributed by atoms with Gasteiger partial charge in [0.05, 0.1) is 6.04 Å². The quantitative estimate of drug-likeness (QED) is 0.372. The molecule has 1 aliphatic rings. The van der Waals surface area contributed by atoms with E-state index in [9.17, 15) is 9.90 Å². The van der Waals surface area contributed by atoms with Crippen LogP contribution in [-0.2, 0) is 6.54 Å². The Balaban J connectivity index is 1.67. The predicted molar refractivity (Wildman–Crippen MR) is 132 cm³/mol. The SMILES string of the molecule is Cc1cc(O)c(-c2n[nH]c3c2C(c2ccc(C(C)C)cc2)N(Cc2cccnc2)C3=O)cc1Cl. The number of hydrogen-bond donors (Lipinski definition) is 2. The summed E-state index contributed by atoms with van der Waals surface area (Å²) in [5.41, 5.74) is 6.07. The van der Waals surface area contributed by atoms with E-state index in [1.54, 1.807) is 24.5 Å². The highest BCUT2D eigenvalue weighted by molar-refractivity contribution is 6.31. The van der Waals surface area contributed by atoms with Crippen molar-refractivity contribution in [2.75, 3.05) is 0 Å². The molecule has 172 valence electrons. The number of phenolic OH excluding ortho intramolecular Hbond substituents is 1. The number of amides is 1. The van der Waals surface area contributed by atoms with Gasteiger partial charge in [-0.05, 0) is 53.3 Å². The molecular weight excluding hydrogens is 448 g/mol. The number of carbonyl (C=O) groups excluding carboxylic acids is 1. The maximum Gasteiger partial charge on any atom is 0.273 e. The van der Waals surface area contributed by atoms with Gasteiger partial charge in [-0.3, -0.25) is 14.9 Å². The first-order valence-corrected chi connectivity index (χ1v) is 11.6. The van der Waals surface area contributed by atoms with Gasteiger partial charge in [0, 0.05) is 35.1 Å². The molecule has 7 heteroatoms. The van der Waals surface area contributed by atoms with Crippen molar-refractivity contribution < 1.29 is 9.90 Å². The third-order valence-electron chi connectivity index (χ3n) is 6.39. The van der Waals surface area contributed by atoms with Gasteiger partial charge in [-0.1, -0.05) is 55.8 Å². The molecule has 0 aliphatic carbocycles. The van der Waals surface area contributed by atoms with E-state index in [-0.39, 0.29) is 17.7 Å². The summed E-state index contributed by atoms with van der Waals surface area (Å²) >= 11 is 6.39. The fourth-order valence-electron chi connectivity index (χ4n) is 4.52. The molecule has 2 aromatic carbocycles. The molecule has 1 atom stereocenters. The number of hydrogen-bond acceptors (Lipinski definition) is 4. The zero-order valence-corrected chi connectivity index (χ0v) is 20.0. The average molecular weight is 473 g/mol. The lowest BCUT2D eigenvalue weighted by molar-refractivity contribution is 0.0730. The summed E-state index contributed by atoms with van der Waals surface area (Å²) in [5, 5.41) is 18.6. The van der Waals surface area contributed by atoms with Crippen molar-refractivity contribution in [3.8, 4) is 17.0 Å². The molecule has 0 bridgehead atoms. The Labute approximate surface area is 203 Å². The Kier molecular flexibility index (Phi) is 5.62. The van der Waals surface area contributed by atoms with Gasteiger partial charge in [0.15, 0.2) is 0 Å². The number of benzene rings is 2. The molecule has 0 spiro atoms. The first kappa shape index (κ1) is 22.2. The minimum absolute atomic E-state index is 0.0725. The van der Waals surface area contributed by atoms with Gasteiger partial charge in [0.2, 0.25) is 0 Å². The van der Waals surface area contributed by atoms with Crippen molar-refractivity contribution in [1.29, 1.82) is 0 Å². The Morgan fingerprint density at radius 2 is 1.94 bits per heavy atom. The fourth-order valence-corrected chi connectivity index (χ4v) is 4.68. The maximum atomic E-state index is 13.6. The summed E-state index contributed by atoms with van der Waals surface area (Å²) in [6.07, 6.45) is 3.48. The highest BCUT2D eigenvalue weighted by Gasteiger charge is 2.42. The summed E-state index contributed by atoms with van der Waals surface area (Å²) in [5.74, 6) is 0.328. The smallest absolute Gasteiger partial charge is 0.273 e. The lowest BCUT2D eigenvalue weighted by atomic mass is 9.93. The van der Waals surface area contributed by atoms with E-state index in [1.165, 1.54) is 5.56 Å². The molecule has 0 radical (unpaired) electrons. The molecule has 1 unspecified atom stereocenters. The molecule has 6 nitrogen and oxygen atoms in total. The first-order chi connectivity index (χ1) is 16.3. The molecule has 2 N–H and O–H groups in total. The van der Waals surface area contributed by atoms with Crippen LogP contribution in [0.1, 0.15) is 64.1 Å². The summed E-state index contributed by atoms with van der Waals surface area (Å²) in [6, 6.07) is 15.1. The number of pyridine rings is 1. The van der Waals surface area contributed by atoms with E-state index in [1.807, 2.05) is 24.0 Å². The summed E-state index contributed by atoms with van der Waals surface area (Å²) < 4.78 is 0. The normalized spacial score (nSPS) is 15.3. The maximum absolute atomic E-state index is 13.6. The molecule has 2 aromatic heterocycles. The van der Waals surface area contributed by atoms with Crippen LogP contribution in [0.2, 0.25) is 5.02 Å². The number of aromatic hydroxyl groups is 1. The highest BCUT2D eigenvalue weighted by Crippen LogP contribution is 2.46. The third-order valence-corrected chi connectivity index (χ3v) is 6.80. The number of nitrogens with zero attached hydrogens (tertiary/aromatic N) is 3. The van der Waals surface area contributed by atoms with Crippen molar-refractivity contribution >= 4 is 17.5 Å². The van der Waals surface area contributed by atoms with E-state index in [0.29, 0.717) is 34.4 Å². The van der Waals surface area contributed by atoms with Crippen LogP contribution in [0, 0.1) is 6.92 Å². The van der Waals surface area contributed by atoms with E-state index < -0.39 is 0 Å². The lowest BCUT2D eigenvalue weighted by Crippen LogP contribution is -2.29. The average Bonchev–Trinajstić information content (AvgIpc) is 3.36. The standard InChI is InChI=1S/C27H25ClN4O2/c1-15(2)18-6-8-19(9-7-18)26-23-24(20-12-21(28)16(3)11-22(20)33)30-31-25(23)27(34)32(26)14-17-5-4-10-29-13-17/h4-13,15,26,33H,14H2,1-3H3,(H,30,31). The van der Waals surface area contributed by atoms with Gasteiger partial charge < -0.3 is 10.0 Å². The zero-order chi connectivity index (χ0) is 24.0. The Bertz CT molecular complexity index is 1360.